The second-order valence-electron chi connectivity index (χ2n) is 2.18. The summed E-state index contributed by atoms with van der Waals surface area (Å²) in [6.07, 6.45) is 1.49. The van der Waals surface area contributed by atoms with Crippen molar-refractivity contribution in [2.45, 2.75) is 5.56 Å². The van der Waals surface area contributed by atoms with Gasteiger partial charge in [0.2, 0.25) is 11.4 Å². The number of hydrogen-bond donors (Lipinski definition) is 0. The molecule has 1 atom stereocenters. The summed E-state index contributed by atoms with van der Waals surface area (Å²) in [5, 5.41) is 0. The van der Waals surface area contributed by atoms with Crippen LogP contribution in [0.1, 0.15) is 11.1 Å². The van der Waals surface area contributed by atoms with Crippen LogP contribution in [0, 0.1) is 0 Å². The van der Waals surface area contributed by atoms with Crippen molar-refractivity contribution >= 4 is 18.1 Å². The molecule has 0 radical (unpaired) electrons. The van der Waals surface area contributed by atoms with E-state index in [2.05, 4.69) is 9.72 Å². The zero-order chi connectivity index (χ0) is 9.68. The van der Waals surface area contributed by atoms with Gasteiger partial charge < -0.3 is 9.47 Å². The summed E-state index contributed by atoms with van der Waals surface area (Å²) in [6.45, 7) is 0.294. The van der Waals surface area contributed by atoms with Gasteiger partial charge in [-0.25, -0.2) is 4.98 Å². The Morgan fingerprint density at radius 3 is 2.85 bits per heavy atom. The fourth-order valence-corrected chi connectivity index (χ4v) is 0.945. The Morgan fingerprint density at radius 1 is 1.62 bits per heavy atom. The first-order valence-corrected chi connectivity index (χ1v) is 3.94. The van der Waals surface area contributed by atoms with Crippen LogP contribution < -0.4 is 4.74 Å². The van der Waals surface area contributed by atoms with E-state index < -0.39 is 5.56 Å². The van der Waals surface area contributed by atoms with Crippen molar-refractivity contribution in [3.05, 3.63) is 23.9 Å². The Balaban J connectivity index is 2.73. The first-order chi connectivity index (χ1) is 6.27. The number of nitrogens with zero attached hydrogens (tertiary/aromatic N) is 1. The van der Waals surface area contributed by atoms with E-state index in [1.165, 1.54) is 13.3 Å². The number of hydrogen-bond acceptors (Lipinski definition) is 4. The van der Waals surface area contributed by atoms with Crippen molar-refractivity contribution < 1.29 is 14.3 Å². The molecule has 0 saturated heterocycles. The van der Waals surface area contributed by atoms with Gasteiger partial charge in [-0.1, -0.05) is 11.6 Å². The van der Waals surface area contributed by atoms with Gasteiger partial charge in [0.25, 0.3) is 6.47 Å². The molecule has 5 heteroatoms. The zero-order valence-corrected chi connectivity index (χ0v) is 7.69. The predicted molar refractivity (Wildman–Crippen MR) is 46.5 cm³/mol. The van der Waals surface area contributed by atoms with Gasteiger partial charge in [-0.15, -0.1) is 0 Å². The predicted octanol–water partition coefficient (Wildman–Crippen LogP) is 1.50. The SMILES string of the molecule is COc1ccc(C(Cl)OC=O)cn1. The summed E-state index contributed by atoms with van der Waals surface area (Å²) in [6, 6.07) is 3.31. The topological polar surface area (TPSA) is 48.4 Å². The summed E-state index contributed by atoms with van der Waals surface area (Å²) < 4.78 is 9.35. The van der Waals surface area contributed by atoms with Gasteiger partial charge >= 0.3 is 0 Å². The smallest absolute Gasteiger partial charge is 0.294 e. The molecular weight excluding hydrogens is 194 g/mol. The number of alkyl halides is 1. The Kier molecular flexibility index (Phi) is 3.52. The second kappa shape index (κ2) is 4.67. The minimum Gasteiger partial charge on any atom is -0.481 e. The Hall–Kier alpha value is -1.29. The van der Waals surface area contributed by atoms with E-state index in [0.29, 0.717) is 17.9 Å². The molecule has 0 aliphatic rings. The lowest BCUT2D eigenvalue weighted by atomic mass is 10.3. The van der Waals surface area contributed by atoms with E-state index in [1.807, 2.05) is 0 Å². The van der Waals surface area contributed by atoms with Crippen LogP contribution in [0.2, 0.25) is 0 Å². The normalized spacial score (nSPS) is 11.8. The van der Waals surface area contributed by atoms with Gasteiger partial charge in [-0.05, 0) is 6.07 Å². The number of halogens is 1. The minimum absolute atomic E-state index is 0.294. The molecule has 0 spiro atoms. The van der Waals surface area contributed by atoms with Crippen LogP contribution in [0.5, 0.6) is 5.88 Å². The van der Waals surface area contributed by atoms with E-state index in [9.17, 15) is 4.79 Å². The molecule has 13 heavy (non-hydrogen) atoms. The monoisotopic (exact) mass is 201 g/mol. The molecule has 0 saturated carbocycles. The molecule has 0 aromatic carbocycles. The summed E-state index contributed by atoms with van der Waals surface area (Å²) in [5.74, 6) is 0.485. The number of rotatable bonds is 4. The molecule has 1 aromatic heterocycles. The number of ether oxygens (including phenoxy) is 2. The van der Waals surface area contributed by atoms with Crippen molar-refractivity contribution in [1.29, 1.82) is 0 Å². The molecular formula is C8H8ClNO3. The van der Waals surface area contributed by atoms with Gasteiger partial charge in [-0.2, -0.15) is 0 Å². The lowest BCUT2D eigenvalue weighted by Crippen LogP contribution is -1.96. The van der Waals surface area contributed by atoms with Gasteiger partial charge in [0.15, 0.2) is 0 Å². The van der Waals surface area contributed by atoms with Crippen molar-refractivity contribution in [2.75, 3.05) is 7.11 Å². The highest BCUT2D eigenvalue weighted by Crippen LogP contribution is 2.21. The molecule has 4 nitrogen and oxygen atoms in total. The van der Waals surface area contributed by atoms with E-state index in [-0.39, 0.29) is 0 Å². The average Bonchev–Trinajstić information content (AvgIpc) is 2.18. The van der Waals surface area contributed by atoms with E-state index in [1.54, 1.807) is 12.1 Å². The van der Waals surface area contributed by atoms with Crippen LogP contribution in [0.25, 0.3) is 0 Å². The minimum atomic E-state index is -0.795. The van der Waals surface area contributed by atoms with E-state index in [4.69, 9.17) is 16.3 Å². The van der Waals surface area contributed by atoms with Crippen LogP contribution in [0.4, 0.5) is 0 Å². The van der Waals surface area contributed by atoms with Crippen LogP contribution in [-0.4, -0.2) is 18.6 Å². The number of methoxy groups -OCH3 is 1. The van der Waals surface area contributed by atoms with E-state index in [0.717, 1.165) is 0 Å². The van der Waals surface area contributed by atoms with Crippen LogP contribution in [0.15, 0.2) is 18.3 Å². The van der Waals surface area contributed by atoms with Crippen LogP contribution >= 0.6 is 11.6 Å². The maximum Gasteiger partial charge on any atom is 0.294 e. The molecule has 1 aromatic rings. The number of aromatic nitrogens is 1. The molecule has 0 bridgehead atoms. The van der Waals surface area contributed by atoms with Gasteiger partial charge in [-0.3, -0.25) is 4.79 Å². The Bertz CT molecular complexity index is 275. The maximum atomic E-state index is 9.96. The van der Waals surface area contributed by atoms with E-state index >= 15 is 0 Å². The van der Waals surface area contributed by atoms with Gasteiger partial charge in [0, 0.05) is 17.8 Å². The fraction of sp³-hybridized carbons (Fsp3) is 0.250. The average molecular weight is 202 g/mol. The maximum absolute atomic E-state index is 9.96. The lowest BCUT2D eigenvalue weighted by Gasteiger charge is -2.06. The fourth-order valence-electron chi connectivity index (χ4n) is 0.774. The zero-order valence-electron chi connectivity index (χ0n) is 6.94. The third kappa shape index (κ3) is 2.59. The number of carbonyl (C=O) groups is 1. The van der Waals surface area contributed by atoms with Crippen molar-refractivity contribution in [3.8, 4) is 5.88 Å². The highest BCUT2D eigenvalue weighted by molar-refractivity contribution is 6.20. The van der Waals surface area contributed by atoms with Crippen molar-refractivity contribution in [3.63, 3.8) is 0 Å². The summed E-state index contributed by atoms with van der Waals surface area (Å²) in [7, 11) is 1.52. The summed E-state index contributed by atoms with van der Waals surface area (Å²) in [4.78, 5) is 13.9. The first-order valence-electron chi connectivity index (χ1n) is 3.51. The van der Waals surface area contributed by atoms with Gasteiger partial charge in [0.05, 0.1) is 7.11 Å². The highest BCUT2D eigenvalue weighted by atomic mass is 35.5. The first kappa shape index (κ1) is 9.80. The third-order valence-electron chi connectivity index (χ3n) is 1.41. The summed E-state index contributed by atoms with van der Waals surface area (Å²) >= 11 is 5.67. The highest BCUT2D eigenvalue weighted by Gasteiger charge is 2.07. The van der Waals surface area contributed by atoms with Crippen LogP contribution in [-0.2, 0) is 9.53 Å². The van der Waals surface area contributed by atoms with Crippen molar-refractivity contribution in [2.24, 2.45) is 0 Å². The molecule has 1 heterocycles. The lowest BCUT2D eigenvalue weighted by molar-refractivity contribution is -0.130. The largest absolute Gasteiger partial charge is 0.481 e. The molecule has 0 aliphatic carbocycles. The summed E-state index contributed by atoms with van der Waals surface area (Å²) in [5.41, 5.74) is -0.189. The molecule has 1 rings (SSSR count). The number of pyridine rings is 1. The second-order valence-corrected chi connectivity index (χ2v) is 2.58. The quantitative estimate of drug-likeness (QED) is 0.547. The molecule has 1 unspecified atom stereocenters. The van der Waals surface area contributed by atoms with Crippen molar-refractivity contribution in [1.82, 2.24) is 4.98 Å². The Morgan fingerprint density at radius 2 is 2.38 bits per heavy atom. The molecule has 0 amide bonds. The Labute approximate surface area is 80.4 Å². The number of carbonyl (C=O) groups excluding carboxylic acids is 1. The van der Waals surface area contributed by atoms with Crippen LogP contribution in [0.3, 0.4) is 0 Å². The standard InChI is InChI=1S/C8H8ClNO3/c1-12-7-3-2-6(4-10-7)8(9)13-5-11/h2-5,8H,1H3. The van der Waals surface area contributed by atoms with Gasteiger partial charge in [0.1, 0.15) is 0 Å². The molecule has 0 N–H and O–H groups in total. The molecule has 0 fully saturated rings. The third-order valence-corrected chi connectivity index (χ3v) is 1.76. The molecule has 70 valence electrons. The molecule has 0 aliphatic heterocycles.